The highest BCUT2D eigenvalue weighted by Crippen LogP contribution is 2.28. The molecule has 98 valence electrons. The van der Waals surface area contributed by atoms with Gasteiger partial charge in [-0.1, -0.05) is 48.8 Å². The number of aryl methyl sites for hydroxylation is 1. The van der Waals surface area contributed by atoms with Crippen molar-refractivity contribution in [2.75, 3.05) is 0 Å². The molecule has 0 bridgehead atoms. The molecule has 0 aliphatic rings. The number of hydrogen-bond acceptors (Lipinski definition) is 2. The Labute approximate surface area is 111 Å². The SMILES string of the molecule is CC.Cc1ccc(-c2noc3cc(F)ccc23)cc1. The fourth-order valence-electron chi connectivity index (χ4n) is 1.83. The average Bonchev–Trinajstić information content (AvgIpc) is 2.85. The van der Waals surface area contributed by atoms with Crippen molar-refractivity contribution in [3.8, 4) is 11.3 Å². The quantitative estimate of drug-likeness (QED) is 0.615. The monoisotopic (exact) mass is 257 g/mol. The topological polar surface area (TPSA) is 26.0 Å². The molecule has 1 aromatic heterocycles. The number of aromatic nitrogens is 1. The summed E-state index contributed by atoms with van der Waals surface area (Å²) in [6, 6.07) is 12.4. The summed E-state index contributed by atoms with van der Waals surface area (Å²) < 4.78 is 18.1. The van der Waals surface area contributed by atoms with E-state index in [1.807, 2.05) is 45.0 Å². The third-order valence-electron chi connectivity index (χ3n) is 2.76. The largest absolute Gasteiger partial charge is 0.356 e. The second-order valence-electron chi connectivity index (χ2n) is 4.04. The van der Waals surface area contributed by atoms with Gasteiger partial charge < -0.3 is 4.52 Å². The van der Waals surface area contributed by atoms with Gasteiger partial charge >= 0.3 is 0 Å². The van der Waals surface area contributed by atoms with E-state index in [-0.39, 0.29) is 5.82 Å². The van der Waals surface area contributed by atoms with Crippen LogP contribution in [0.4, 0.5) is 4.39 Å². The van der Waals surface area contributed by atoms with Crippen LogP contribution < -0.4 is 0 Å². The first-order chi connectivity index (χ1) is 9.24. The van der Waals surface area contributed by atoms with Gasteiger partial charge in [-0.25, -0.2) is 4.39 Å². The Bertz CT molecular complexity index is 671. The highest BCUT2D eigenvalue weighted by atomic mass is 19.1. The van der Waals surface area contributed by atoms with Crippen molar-refractivity contribution in [3.63, 3.8) is 0 Å². The third kappa shape index (κ3) is 2.65. The van der Waals surface area contributed by atoms with Gasteiger partial charge in [-0.2, -0.15) is 0 Å². The van der Waals surface area contributed by atoms with Gasteiger partial charge in [0.05, 0.1) is 0 Å². The molecule has 0 amide bonds. The molecule has 0 unspecified atom stereocenters. The Morgan fingerprint density at radius 2 is 1.68 bits per heavy atom. The van der Waals surface area contributed by atoms with Crippen LogP contribution in [0.25, 0.3) is 22.2 Å². The molecule has 0 atom stereocenters. The maximum atomic E-state index is 13.0. The van der Waals surface area contributed by atoms with E-state index in [4.69, 9.17) is 4.52 Å². The van der Waals surface area contributed by atoms with Gasteiger partial charge in [0, 0.05) is 17.0 Å². The summed E-state index contributed by atoms with van der Waals surface area (Å²) in [5.74, 6) is -0.316. The molecule has 2 aromatic carbocycles. The highest BCUT2D eigenvalue weighted by Gasteiger charge is 2.10. The first kappa shape index (κ1) is 13.3. The van der Waals surface area contributed by atoms with Crippen LogP contribution in [0.1, 0.15) is 19.4 Å². The lowest BCUT2D eigenvalue weighted by atomic mass is 10.1. The Hall–Kier alpha value is -2.16. The minimum Gasteiger partial charge on any atom is -0.356 e. The average molecular weight is 257 g/mol. The number of benzene rings is 2. The summed E-state index contributed by atoms with van der Waals surface area (Å²) in [7, 11) is 0. The van der Waals surface area contributed by atoms with E-state index in [1.54, 1.807) is 6.07 Å². The van der Waals surface area contributed by atoms with Gasteiger partial charge in [-0.05, 0) is 19.1 Å². The predicted molar refractivity (Wildman–Crippen MR) is 75.5 cm³/mol. The normalized spacial score (nSPS) is 10.1. The smallest absolute Gasteiger partial charge is 0.170 e. The lowest BCUT2D eigenvalue weighted by Gasteiger charge is -1.97. The van der Waals surface area contributed by atoms with Crippen LogP contribution in [-0.2, 0) is 0 Å². The molecule has 2 nitrogen and oxygen atoms in total. The number of halogens is 1. The van der Waals surface area contributed by atoms with E-state index in [2.05, 4.69) is 5.16 Å². The molecule has 3 aromatic rings. The van der Waals surface area contributed by atoms with Gasteiger partial charge in [0.25, 0.3) is 0 Å². The van der Waals surface area contributed by atoms with Crippen molar-refractivity contribution in [2.45, 2.75) is 20.8 Å². The zero-order valence-corrected chi connectivity index (χ0v) is 11.3. The summed E-state index contributed by atoms with van der Waals surface area (Å²) in [4.78, 5) is 0. The Kier molecular flexibility index (Phi) is 3.95. The van der Waals surface area contributed by atoms with Crippen molar-refractivity contribution in [1.82, 2.24) is 5.16 Å². The van der Waals surface area contributed by atoms with Crippen molar-refractivity contribution < 1.29 is 8.91 Å². The molecular weight excluding hydrogens is 241 g/mol. The minimum absolute atomic E-state index is 0.316. The lowest BCUT2D eigenvalue weighted by Crippen LogP contribution is -1.79. The summed E-state index contributed by atoms with van der Waals surface area (Å²) in [5, 5.41) is 4.82. The van der Waals surface area contributed by atoms with Crippen LogP contribution in [0.2, 0.25) is 0 Å². The van der Waals surface area contributed by atoms with Crippen LogP contribution in [0, 0.1) is 12.7 Å². The van der Waals surface area contributed by atoms with Crippen LogP contribution in [-0.4, -0.2) is 5.16 Å². The molecule has 0 saturated heterocycles. The van der Waals surface area contributed by atoms with Gasteiger partial charge in [0.1, 0.15) is 11.5 Å². The van der Waals surface area contributed by atoms with Crippen molar-refractivity contribution in [1.29, 1.82) is 0 Å². The fraction of sp³-hybridized carbons (Fsp3) is 0.188. The van der Waals surface area contributed by atoms with Crippen LogP contribution in [0.5, 0.6) is 0 Å². The summed E-state index contributed by atoms with van der Waals surface area (Å²) >= 11 is 0. The molecule has 0 N–H and O–H groups in total. The van der Waals surface area contributed by atoms with Crippen LogP contribution >= 0.6 is 0 Å². The first-order valence-electron chi connectivity index (χ1n) is 6.36. The van der Waals surface area contributed by atoms with E-state index >= 15 is 0 Å². The Morgan fingerprint density at radius 1 is 1.00 bits per heavy atom. The molecule has 0 aliphatic carbocycles. The predicted octanol–water partition coefficient (Wildman–Crippen LogP) is 4.97. The zero-order chi connectivity index (χ0) is 13.8. The Balaban J connectivity index is 0.000000637. The summed E-state index contributed by atoms with van der Waals surface area (Å²) in [6.07, 6.45) is 0. The van der Waals surface area contributed by atoms with E-state index in [9.17, 15) is 4.39 Å². The maximum absolute atomic E-state index is 13.0. The van der Waals surface area contributed by atoms with Gasteiger partial charge in [-0.15, -0.1) is 0 Å². The van der Waals surface area contributed by atoms with E-state index < -0.39 is 0 Å². The number of hydrogen-bond donors (Lipinski definition) is 0. The Morgan fingerprint density at radius 3 is 2.37 bits per heavy atom. The van der Waals surface area contributed by atoms with Crippen molar-refractivity contribution in [3.05, 3.63) is 53.8 Å². The summed E-state index contributed by atoms with van der Waals surface area (Å²) in [5.41, 5.74) is 3.38. The second-order valence-corrected chi connectivity index (χ2v) is 4.04. The molecule has 0 saturated carbocycles. The van der Waals surface area contributed by atoms with E-state index in [0.717, 1.165) is 16.6 Å². The number of nitrogens with zero attached hydrogens (tertiary/aromatic N) is 1. The van der Waals surface area contributed by atoms with Crippen LogP contribution in [0.3, 0.4) is 0 Å². The molecule has 3 heteroatoms. The van der Waals surface area contributed by atoms with Gasteiger partial charge in [-0.3, -0.25) is 0 Å². The standard InChI is InChI=1S/C14H10FNO.C2H6/c1-9-2-4-10(5-3-9)14-12-7-6-11(15)8-13(12)17-16-14;1-2/h2-8H,1H3;1-2H3. The molecule has 0 spiro atoms. The molecule has 0 aliphatic heterocycles. The maximum Gasteiger partial charge on any atom is 0.170 e. The molecular formula is C16H16FNO. The van der Waals surface area contributed by atoms with Crippen LogP contribution in [0.15, 0.2) is 47.0 Å². The van der Waals surface area contributed by atoms with E-state index in [0.29, 0.717) is 5.58 Å². The first-order valence-corrected chi connectivity index (χ1v) is 6.36. The second kappa shape index (κ2) is 5.65. The molecule has 19 heavy (non-hydrogen) atoms. The van der Waals surface area contributed by atoms with E-state index in [1.165, 1.54) is 17.7 Å². The number of fused-ring (bicyclic) bond motifs is 1. The summed E-state index contributed by atoms with van der Waals surface area (Å²) in [6.45, 7) is 6.03. The van der Waals surface area contributed by atoms with Crippen molar-refractivity contribution in [2.24, 2.45) is 0 Å². The lowest BCUT2D eigenvalue weighted by molar-refractivity contribution is 0.457. The molecule has 1 heterocycles. The molecule has 0 radical (unpaired) electrons. The van der Waals surface area contributed by atoms with Gasteiger partial charge in [0.2, 0.25) is 0 Å². The number of rotatable bonds is 1. The highest BCUT2D eigenvalue weighted by molar-refractivity contribution is 5.91. The molecule has 3 rings (SSSR count). The van der Waals surface area contributed by atoms with Gasteiger partial charge in [0.15, 0.2) is 5.58 Å². The van der Waals surface area contributed by atoms with Crippen molar-refractivity contribution >= 4 is 11.0 Å². The minimum atomic E-state index is -0.316. The fourth-order valence-corrected chi connectivity index (χ4v) is 1.83. The zero-order valence-electron chi connectivity index (χ0n) is 11.3. The third-order valence-corrected chi connectivity index (χ3v) is 2.76. The molecule has 0 fully saturated rings.